The van der Waals surface area contributed by atoms with E-state index in [1.807, 2.05) is 24.0 Å². The fourth-order valence-electron chi connectivity index (χ4n) is 2.38. The number of thiophene rings is 1. The number of thiazole rings is 1. The Balaban J connectivity index is 1.82. The lowest BCUT2D eigenvalue weighted by Gasteiger charge is -2.29. The molecule has 3 heterocycles. The number of rotatable bonds is 2. The van der Waals surface area contributed by atoms with Crippen LogP contribution in [0, 0.1) is 6.92 Å². The largest absolute Gasteiger partial charge is 0.338 e. The van der Waals surface area contributed by atoms with Gasteiger partial charge in [-0.25, -0.2) is 4.98 Å². The highest BCUT2D eigenvalue weighted by atomic mass is 35.5. The molecule has 0 atom stereocenters. The van der Waals surface area contributed by atoms with Gasteiger partial charge >= 0.3 is 0 Å². The van der Waals surface area contributed by atoms with Gasteiger partial charge in [-0.05, 0) is 31.9 Å². The molecule has 0 spiro atoms. The second-order valence-corrected chi connectivity index (χ2v) is 7.88. The SMILES string of the molecule is Cc1nc(-c2ccc(Cl)s2)sc1C(=O)N1CCC(N)CC1. The summed E-state index contributed by atoms with van der Waals surface area (Å²) in [6, 6.07) is 4.02. The zero-order chi connectivity index (χ0) is 15.0. The molecule has 1 saturated heterocycles. The molecule has 4 nitrogen and oxygen atoms in total. The second-order valence-electron chi connectivity index (χ2n) is 5.17. The van der Waals surface area contributed by atoms with Gasteiger partial charge in [0.1, 0.15) is 9.88 Å². The molecule has 1 amide bonds. The highest BCUT2D eigenvalue weighted by molar-refractivity contribution is 7.24. The van der Waals surface area contributed by atoms with Gasteiger partial charge in [0.15, 0.2) is 0 Å². The van der Waals surface area contributed by atoms with E-state index < -0.39 is 0 Å². The van der Waals surface area contributed by atoms with Gasteiger partial charge in [-0.1, -0.05) is 11.6 Å². The Morgan fingerprint density at radius 2 is 2.10 bits per heavy atom. The summed E-state index contributed by atoms with van der Waals surface area (Å²) in [5.74, 6) is 0.0748. The molecular weight excluding hydrogens is 326 g/mol. The van der Waals surface area contributed by atoms with E-state index >= 15 is 0 Å². The molecule has 2 N–H and O–H groups in total. The number of amides is 1. The van der Waals surface area contributed by atoms with Crippen molar-refractivity contribution >= 4 is 40.2 Å². The van der Waals surface area contributed by atoms with Gasteiger partial charge in [0, 0.05) is 19.1 Å². The maximum absolute atomic E-state index is 12.6. The maximum atomic E-state index is 12.6. The Labute approximate surface area is 136 Å². The Bertz CT molecular complexity index is 659. The van der Waals surface area contributed by atoms with Gasteiger partial charge in [0.05, 0.1) is 14.9 Å². The lowest BCUT2D eigenvalue weighted by molar-refractivity contribution is 0.0718. The summed E-state index contributed by atoms with van der Waals surface area (Å²) in [6.07, 6.45) is 1.74. The number of nitrogens with two attached hydrogens (primary N) is 1. The van der Waals surface area contributed by atoms with Gasteiger partial charge in [-0.3, -0.25) is 4.79 Å². The summed E-state index contributed by atoms with van der Waals surface area (Å²) in [6.45, 7) is 3.35. The topological polar surface area (TPSA) is 59.2 Å². The normalized spacial score (nSPS) is 16.4. The molecule has 3 rings (SSSR count). The van der Waals surface area contributed by atoms with Gasteiger partial charge < -0.3 is 10.6 Å². The van der Waals surface area contributed by atoms with Crippen LogP contribution in [0.4, 0.5) is 0 Å². The smallest absolute Gasteiger partial charge is 0.265 e. The van der Waals surface area contributed by atoms with Crippen LogP contribution in [0.2, 0.25) is 4.34 Å². The second kappa shape index (κ2) is 6.04. The monoisotopic (exact) mass is 341 g/mol. The summed E-state index contributed by atoms with van der Waals surface area (Å²) in [7, 11) is 0. The maximum Gasteiger partial charge on any atom is 0.265 e. The van der Waals surface area contributed by atoms with Crippen molar-refractivity contribution in [2.24, 2.45) is 5.73 Å². The van der Waals surface area contributed by atoms with Crippen molar-refractivity contribution in [1.29, 1.82) is 0 Å². The molecular formula is C14H16ClN3OS2. The van der Waals surface area contributed by atoms with E-state index in [0.29, 0.717) is 0 Å². The molecule has 0 bridgehead atoms. The number of hydrogen-bond donors (Lipinski definition) is 1. The van der Waals surface area contributed by atoms with Crippen molar-refractivity contribution in [2.45, 2.75) is 25.8 Å². The molecule has 2 aromatic heterocycles. The average Bonchev–Trinajstić information content (AvgIpc) is 3.05. The number of hydrogen-bond acceptors (Lipinski definition) is 5. The minimum Gasteiger partial charge on any atom is -0.338 e. The summed E-state index contributed by atoms with van der Waals surface area (Å²) in [4.78, 5) is 20.8. The Morgan fingerprint density at radius 1 is 1.38 bits per heavy atom. The van der Waals surface area contributed by atoms with Crippen molar-refractivity contribution in [2.75, 3.05) is 13.1 Å². The van der Waals surface area contributed by atoms with Crippen LogP contribution >= 0.6 is 34.3 Å². The van der Waals surface area contributed by atoms with Crippen LogP contribution in [0.3, 0.4) is 0 Å². The summed E-state index contributed by atoms with van der Waals surface area (Å²) < 4.78 is 0.732. The van der Waals surface area contributed by atoms with Crippen LogP contribution < -0.4 is 5.73 Å². The van der Waals surface area contributed by atoms with Crippen LogP contribution in [0.15, 0.2) is 12.1 Å². The van der Waals surface area contributed by atoms with Crippen LogP contribution in [-0.2, 0) is 0 Å². The predicted octanol–water partition coefficient (Wildman–Crippen LogP) is 3.40. The predicted molar refractivity (Wildman–Crippen MR) is 88.3 cm³/mol. The van der Waals surface area contributed by atoms with E-state index in [4.69, 9.17) is 17.3 Å². The van der Waals surface area contributed by atoms with Gasteiger partial charge in [-0.2, -0.15) is 0 Å². The van der Waals surface area contributed by atoms with E-state index in [2.05, 4.69) is 4.98 Å². The number of aromatic nitrogens is 1. The fraction of sp³-hybridized carbons (Fsp3) is 0.429. The third-order valence-corrected chi connectivity index (χ3v) is 6.15. The van der Waals surface area contributed by atoms with Crippen molar-refractivity contribution in [3.63, 3.8) is 0 Å². The molecule has 21 heavy (non-hydrogen) atoms. The Kier molecular flexibility index (Phi) is 4.31. The number of carbonyl (C=O) groups is 1. The van der Waals surface area contributed by atoms with E-state index in [1.165, 1.54) is 22.7 Å². The molecule has 0 saturated carbocycles. The van der Waals surface area contributed by atoms with Crippen molar-refractivity contribution in [3.8, 4) is 9.88 Å². The summed E-state index contributed by atoms with van der Waals surface area (Å²) in [5, 5.41) is 0.862. The molecule has 2 aromatic rings. The number of nitrogens with zero attached hydrogens (tertiary/aromatic N) is 2. The molecule has 0 radical (unpaired) electrons. The molecule has 0 aromatic carbocycles. The Hall–Kier alpha value is -0.950. The Morgan fingerprint density at radius 3 is 2.71 bits per heavy atom. The average molecular weight is 342 g/mol. The molecule has 0 unspecified atom stereocenters. The molecule has 1 aliphatic heterocycles. The first-order chi connectivity index (χ1) is 10.0. The molecule has 0 aliphatic carbocycles. The van der Waals surface area contributed by atoms with Gasteiger partial charge in [-0.15, -0.1) is 22.7 Å². The number of piperidine rings is 1. The summed E-state index contributed by atoms with van der Waals surface area (Å²) >= 11 is 8.89. The van der Waals surface area contributed by atoms with Crippen LogP contribution in [0.25, 0.3) is 9.88 Å². The van der Waals surface area contributed by atoms with Crippen molar-refractivity contribution < 1.29 is 4.79 Å². The third kappa shape index (κ3) is 3.13. The first-order valence-corrected chi connectivity index (χ1v) is 8.83. The third-order valence-electron chi connectivity index (χ3n) is 3.60. The number of carbonyl (C=O) groups excluding carboxylic acids is 1. The minimum absolute atomic E-state index is 0.0748. The van der Waals surface area contributed by atoms with Crippen molar-refractivity contribution in [1.82, 2.24) is 9.88 Å². The zero-order valence-corrected chi connectivity index (χ0v) is 14.0. The number of aryl methyl sites for hydroxylation is 1. The highest BCUT2D eigenvalue weighted by Gasteiger charge is 2.25. The lowest BCUT2D eigenvalue weighted by Crippen LogP contribution is -2.42. The first kappa shape index (κ1) is 15.0. The van der Waals surface area contributed by atoms with Crippen LogP contribution in [0.1, 0.15) is 28.2 Å². The van der Waals surface area contributed by atoms with Crippen molar-refractivity contribution in [3.05, 3.63) is 27.0 Å². The fourth-order valence-corrected chi connectivity index (χ4v) is 4.51. The molecule has 1 fully saturated rings. The first-order valence-electron chi connectivity index (χ1n) is 6.82. The van der Waals surface area contributed by atoms with Gasteiger partial charge in [0.2, 0.25) is 0 Å². The molecule has 112 valence electrons. The zero-order valence-electron chi connectivity index (χ0n) is 11.6. The van der Waals surface area contributed by atoms with Crippen LogP contribution in [0.5, 0.6) is 0 Å². The van der Waals surface area contributed by atoms with E-state index in [9.17, 15) is 4.79 Å². The molecule has 7 heteroatoms. The number of likely N-dealkylation sites (tertiary alicyclic amines) is 1. The van der Waals surface area contributed by atoms with E-state index in [1.54, 1.807) is 0 Å². The number of halogens is 1. The van der Waals surface area contributed by atoms with Crippen LogP contribution in [-0.4, -0.2) is 34.9 Å². The minimum atomic E-state index is 0.0748. The summed E-state index contributed by atoms with van der Waals surface area (Å²) in [5.41, 5.74) is 6.68. The highest BCUT2D eigenvalue weighted by Crippen LogP contribution is 2.35. The van der Waals surface area contributed by atoms with E-state index in [-0.39, 0.29) is 11.9 Å². The van der Waals surface area contributed by atoms with Gasteiger partial charge in [0.25, 0.3) is 5.91 Å². The lowest BCUT2D eigenvalue weighted by atomic mass is 10.1. The molecule has 1 aliphatic rings. The van der Waals surface area contributed by atoms with E-state index in [0.717, 1.165) is 50.7 Å². The quantitative estimate of drug-likeness (QED) is 0.910. The standard InChI is InChI=1S/C14H16ClN3OS2/c1-8-12(14(19)18-6-4-9(16)5-7-18)21-13(17-8)10-2-3-11(15)20-10/h2-3,9H,4-7,16H2,1H3.